The maximum absolute atomic E-state index is 11.8. The van der Waals surface area contributed by atoms with Gasteiger partial charge in [0.25, 0.3) is 0 Å². The van der Waals surface area contributed by atoms with Gasteiger partial charge in [0.15, 0.2) is 0 Å². The third-order valence-electron chi connectivity index (χ3n) is 1.98. The molecule has 1 heterocycles. The highest BCUT2D eigenvalue weighted by atomic mass is 31.2. The summed E-state index contributed by atoms with van der Waals surface area (Å²) in [5.41, 5.74) is -0.960. The average molecular weight is 242 g/mol. The third-order valence-corrected chi connectivity index (χ3v) is 3.57. The number of benzene rings is 1. The molecule has 1 fully saturated rings. The topological polar surface area (TPSA) is 61.8 Å². The number of para-hydroxylation sites is 1. The summed E-state index contributed by atoms with van der Waals surface area (Å²) < 4.78 is 26.4. The highest BCUT2D eigenvalue weighted by molar-refractivity contribution is 7.71. The Morgan fingerprint density at radius 1 is 1.19 bits per heavy atom. The average Bonchev–Trinajstić information content (AvgIpc) is 2.31. The molecule has 1 aliphatic rings. The standard InChI is InChI=1S/C10H11O5P/c11-10(15-9-5-2-1-3-6-9)16(12)13-7-4-8-14-16/h1-3,5-6H,4,7-8H2. The first kappa shape index (κ1) is 11.3. The Bertz CT molecular complexity index is 406. The Morgan fingerprint density at radius 2 is 1.81 bits per heavy atom. The van der Waals surface area contributed by atoms with E-state index in [0.717, 1.165) is 0 Å². The summed E-state index contributed by atoms with van der Waals surface area (Å²) in [5, 5.41) is 0. The van der Waals surface area contributed by atoms with Crippen LogP contribution >= 0.6 is 7.60 Å². The first-order valence-electron chi connectivity index (χ1n) is 4.87. The summed E-state index contributed by atoms with van der Waals surface area (Å²) >= 11 is 0. The fourth-order valence-corrected chi connectivity index (χ4v) is 2.46. The van der Waals surface area contributed by atoms with Crippen LogP contribution in [0.1, 0.15) is 6.42 Å². The zero-order valence-electron chi connectivity index (χ0n) is 8.50. The summed E-state index contributed by atoms with van der Waals surface area (Å²) in [6.45, 7) is 0.502. The molecule has 86 valence electrons. The second kappa shape index (κ2) is 4.78. The lowest BCUT2D eigenvalue weighted by Crippen LogP contribution is -2.17. The molecule has 1 aliphatic heterocycles. The molecule has 0 atom stereocenters. The minimum Gasteiger partial charge on any atom is -0.417 e. The van der Waals surface area contributed by atoms with Gasteiger partial charge in [-0.25, -0.2) is 9.36 Å². The van der Waals surface area contributed by atoms with Crippen molar-refractivity contribution in [2.24, 2.45) is 0 Å². The lowest BCUT2D eigenvalue weighted by atomic mass is 10.3. The van der Waals surface area contributed by atoms with Crippen molar-refractivity contribution >= 4 is 13.3 Å². The van der Waals surface area contributed by atoms with E-state index in [1.807, 2.05) is 0 Å². The number of carbonyl (C=O) groups is 1. The van der Waals surface area contributed by atoms with Crippen molar-refractivity contribution < 1.29 is 23.1 Å². The van der Waals surface area contributed by atoms with Crippen LogP contribution in [0.2, 0.25) is 0 Å². The summed E-state index contributed by atoms with van der Waals surface area (Å²) in [7, 11) is -3.73. The molecule has 0 aliphatic carbocycles. The summed E-state index contributed by atoms with van der Waals surface area (Å²) in [4.78, 5) is 11.6. The molecule has 6 heteroatoms. The van der Waals surface area contributed by atoms with E-state index in [1.54, 1.807) is 30.3 Å². The molecule has 0 aromatic heterocycles. The van der Waals surface area contributed by atoms with Crippen LogP contribution in [-0.4, -0.2) is 18.9 Å². The van der Waals surface area contributed by atoms with Gasteiger partial charge in [0, 0.05) is 0 Å². The van der Waals surface area contributed by atoms with E-state index in [2.05, 4.69) is 0 Å². The van der Waals surface area contributed by atoms with E-state index >= 15 is 0 Å². The summed E-state index contributed by atoms with van der Waals surface area (Å²) in [5.74, 6) is 0.320. The van der Waals surface area contributed by atoms with Crippen LogP contribution in [0.4, 0.5) is 4.79 Å². The molecule has 16 heavy (non-hydrogen) atoms. The van der Waals surface area contributed by atoms with Gasteiger partial charge in [-0.15, -0.1) is 0 Å². The zero-order valence-corrected chi connectivity index (χ0v) is 9.39. The fraction of sp³-hybridized carbons (Fsp3) is 0.300. The van der Waals surface area contributed by atoms with Crippen LogP contribution < -0.4 is 4.74 Å². The lowest BCUT2D eigenvalue weighted by Gasteiger charge is -2.20. The molecule has 0 amide bonds. The van der Waals surface area contributed by atoms with Gasteiger partial charge in [-0.2, -0.15) is 0 Å². The molecule has 0 radical (unpaired) electrons. The maximum atomic E-state index is 11.8. The minimum absolute atomic E-state index is 0.251. The van der Waals surface area contributed by atoms with Crippen molar-refractivity contribution in [2.45, 2.75) is 6.42 Å². The second-order valence-electron chi connectivity index (χ2n) is 3.20. The van der Waals surface area contributed by atoms with Gasteiger partial charge in [-0.3, -0.25) is 0 Å². The van der Waals surface area contributed by atoms with Gasteiger partial charge >= 0.3 is 13.3 Å². The molecule has 0 N–H and O–H groups in total. The molecule has 0 bridgehead atoms. The molecule has 5 nitrogen and oxygen atoms in total. The van der Waals surface area contributed by atoms with E-state index in [0.29, 0.717) is 12.2 Å². The van der Waals surface area contributed by atoms with Crippen molar-refractivity contribution in [2.75, 3.05) is 13.2 Å². The first-order chi connectivity index (χ1) is 7.71. The molecule has 0 unspecified atom stereocenters. The van der Waals surface area contributed by atoms with Crippen molar-refractivity contribution in [3.8, 4) is 5.75 Å². The molecular formula is C10H11O5P. The van der Waals surface area contributed by atoms with Crippen molar-refractivity contribution in [3.05, 3.63) is 30.3 Å². The normalized spacial score (nSPS) is 19.0. The summed E-state index contributed by atoms with van der Waals surface area (Å²) in [6, 6.07) is 8.39. The monoisotopic (exact) mass is 242 g/mol. The Hall–Kier alpha value is -1.16. The quantitative estimate of drug-likeness (QED) is 0.746. The van der Waals surface area contributed by atoms with Gasteiger partial charge in [0.05, 0.1) is 13.2 Å². The number of hydrogen-bond donors (Lipinski definition) is 0. The third kappa shape index (κ3) is 2.50. The first-order valence-corrected chi connectivity index (χ1v) is 6.41. The van der Waals surface area contributed by atoms with E-state index in [-0.39, 0.29) is 13.2 Å². The maximum Gasteiger partial charge on any atom is 0.438 e. The predicted molar refractivity (Wildman–Crippen MR) is 56.6 cm³/mol. The number of ether oxygens (including phenoxy) is 1. The Labute approximate surface area is 92.9 Å². The predicted octanol–water partition coefficient (Wildman–Crippen LogP) is 2.82. The number of carbonyl (C=O) groups excluding carboxylic acids is 1. The van der Waals surface area contributed by atoms with Crippen molar-refractivity contribution in [1.29, 1.82) is 0 Å². The molecule has 0 spiro atoms. The van der Waals surface area contributed by atoms with Crippen molar-refractivity contribution in [3.63, 3.8) is 0 Å². The smallest absolute Gasteiger partial charge is 0.417 e. The van der Waals surface area contributed by atoms with E-state index in [1.165, 1.54) is 0 Å². The molecule has 0 saturated carbocycles. The van der Waals surface area contributed by atoms with Gasteiger partial charge in [-0.1, -0.05) is 18.2 Å². The molecular weight excluding hydrogens is 231 g/mol. The van der Waals surface area contributed by atoms with Crippen LogP contribution in [0.25, 0.3) is 0 Å². The van der Waals surface area contributed by atoms with Crippen LogP contribution in [-0.2, 0) is 13.6 Å². The minimum atomic E-state index is -3.73. The van der Waals surface area contributed by atoms with E-state index in [4.69, 9.17) is 13.8 Å². The fourth-order valence-electron chi connectivity index (χ4n) is 1.22. The van der Waals surface area contributed by atoms with Crippen LogP contribution in [0, 0.1) is 0 Å². The summed E-state index contributed by atoms with van der Waals surface area (Å²) in [6.07, 6.45) is 0.628. The molecule has 1 aromatic rings. The number of hydrogen-bond acceptors (Lipinski definition) is 5. The van der Waals surface area contributed by atoms with Gasteiger partial charge in [0.2, 0.25) is 0 Å². The number of rotatable bonds is 2. The molecule has 2 rings (SSSR count). The highest BCUT2D eigenvalue weighted by Crippen LogP contribution is 2.52. The molecule has 1 saturated heterocycles. The lowest BCUT2D eigenvalue weighted by molar-refractivity contribution is 0.138. The Morgan fingerprint density at radius 3 is 2.44 bits per heavy atom. The Kier molecular flexibility index (Phi) is 3.39. The Balaban J connectivity index is 2.05. The highest BCUT2D eigenvalue weighted by Gasteiger charge is 2.39. The van der Waals surface area contributed by atoms with Crippen molar-refractivity contribution in [1.82, 2.24) is 0 Å². The largest absolute Gasteiger partial charge is 0.438 e. The van der Waals surface area contributed by atoms with Gasteiger partial charge < -0.3 is 13.8 Å². The van der Waals surface area contributed by atoms with Crippen LogP contribution in [0.5, 0.6) is 5.75 Å². The van der Waals surface area contributed by atoms with Crippen LogP contribution in [0.15, 0.2) is 30.3 Å². The SMILES string of the molecule is O=C(Oc1ccccc1)P1(=O)OCCCO1. The van der Waals surface area contributed by atoms with E-state index < -0.39 is 13.3 Å². The van der Waals surface area contributed by atoms with Gasteiger partial charge in [-0.05, 0) is 18.6 Å². The second-order valence-corrected chi connectivity index (χ2v) is 5.07. The zero-order chi connectivity index (χ0) is 11.4. The van der Waals surface area contributed by atoms with Crippen LogP contribution in [0.3, 0.4) is 0 Å². The van der Waals surface area contributed by atoms with Gasteiger partial charge in [0.1, 0.15) is 5.75 Å². The molecule has 1 aromatic carbocycles. The van der Waals surface area contributed by atoms with E-state index in [9.17, 15) is 9.36 Å².